The van der Waals surface area contributed by atoms with Gasteiger partial charge in [0.1, 0.15) is 0 Å². The molecule has 1 aliphatic rings. The maximum Gasteiger partial charge on any atom is 0.297 e. The fraction of sp³-hybridized carbons (Fsp3) is 1.00. The molecule has 1 N–H and O–H groups in total. The van der Waals surface area contributed by atoms with E-state index in [1.807, 2.05) is 6.92 Å². The van der Waals surface area contributed by atoms with Gasteiger partial charge in [-0.15, -0.1) is 0 Å². The van der Waals surface area contributed by atoms with E-state index >= 15 is 0 Å². The van der Waals surface area contributed by atoms with Gasteiger partial charge in [0.15, 0.2) is 0 Å². The standard InChI is InChI=1S/C6H12ClNO3S/c1-5-6(2,3-4-11-5)8-12(7,9)10/h5,8H,3-4H2,1-2H3. The molecular formula is C6H12ClNO3S. The lowest BCUT2D eigenvalue weighted by molar-refractivity contribution is 0.0959. The van der Waals surface area contributed by atoms with E-state index in [1.165, 1.54) is 0 Å². The maximum absolute atomic E-state index is 10.7. The van der Waals surface area contributed by atoms with Crippen molar-refractivity contribution < 1.29 is 13.2 Å². The van der Waals surface area contributed by atoms with Crippen LogP contribution in [0.2, 0.25) is 0 Å². The summed E-state index contributed by atoms with van der Waals surface area (Å²) >= 11 is 0. The topological polar surface area (TPSA) is 55.4 Å². The molecule has 0 bridgehead atoms. The van der Waals surface area contributed by atoms with Crippen molar-refractivity contribution >= 4 is 19.9 Å². The van der Waals surface area contributed by atoms with Crippen molar-refractivity contribution in [2.24, 2.45) is 0 Å². The lowest BCUT2D eigenvalue weighted by Gasteiger charge is -2.26. The van der Waals surface area contributed by atoms with Gasteiger partial charge >= 0.3 is 0 Å². The predicted molar refractivity (Wildman–Crippen MR) is 46.3 cm³/mol. The molecule has 0 spiro atoms. The molecule has 2 unspecified atom stereocenters. The van der Waals surface area contributed by atoms with Crippen molar-refractivity contribution in [3.05, 3.63) is 0 Å². The summed E-state index contributed by atoms with van der Waals surface area (Å²) in [7, 11) is 1.42. The first-order chi connectivity index (χ1) is 5.33. The van der Waals surface area contributed by atoms with Crippen LogP contribution in [0.1, 0.15) is 20.3 Å². The van der Waals surface area contributed by atoms with Gasteiger partial charge in [-0.25, -0.2) is 0 Å². The van der Waals surface area contributed by atoms with Gasteiger partial charge in [0.2, 0.25) is 0 Å². The summed E-state index contributed by atoms with van der Waals surface area (Å²) in [5, 5.41) is 0. The molecule has 6 heteroatoms. The van der Waals surface area contributed by atoms with E-state index < -0.39 is 14.8 Å². The molecule has 0 aliphatic carbocycles. The fourth-order valence-electron chi connectivity index (χ4n) is 1.25. The lowest BCUT2D eigenvalue weighted by Crippen LogP contribution is -2.48. The van der Waals surface area contributed by atoms with Crippen LogP contribution in [-0.4, -0.2) is 26.7 Å². The number of hydrogen-bond acceptors (Lipinski definition) is 3. The second-order valence-electron chi connectivity index (χ2n) is 3.22. The van der Waals surface area contributed by atoms with E-state index in [9.17, 15) is 8.42 Å². The van der Waals surface area contributed by atoms with Crippen LogP contribution in [0.3, 0.4) is 0 Å². The number of rotatable bonds is 2. The Morgan fingerprint density at radius 1 is 1.67 bits per heavy atom. The Bertz CT molecular complexity index is 266. The molecule has 1 heterocycles. The van der Waals surface area contributed by atoms with E-state index in [0.717, 1.165) is 0 Å². The molecule has 4 nitrogen and oxygen atoms in total. The molecule has 0 aromatic heterocycles. The molecule has 72 valence electrons. The highest BCUT2D eigenvalue weighted by molar-refractivity contribution is 8.12. The third-order valence-electron chi connectivity index (χ3n) is 2.24. The number of nitrogens with one attached hydrogen (secondary N) is 1. The zero-order chi connectivity index (χ0) is 9.41. The van der Waals surface area contributed by atoms with Crippen LogP contribution in [0.25, 0.3) is 0 Å². The van der Waals surface area contributed by atoms with Crippen LogP contribution in [0.4, 0.5) is 0 Å². The Kier molecular flexibility index (Phi) is 2.68. The van der Waals surface area contributed by atoms with Gasteiger partial charge < -0.3 is 4.74 Å². The molecule has 0 saturated carbocycles. The van der Waals surface area contributed by atoms with Crippen molar-refractivity contribution in [2.45, 2.75) is 31.9 Å². The quantitative estimate of drug-likeness (QED) is 0.685. The molecule has 0 amide bonds. The Balaban J connectivity index is 2.73. The Hall–Kier alpha value is 0.160. The van der Waals surface area contributed by atoms with Crippen LogP contribution in [-0.2, 0) is 14.0 Å². The maximum atomic E-state index is 10.7. The van der Waals surface area contributed by atoms with Gasteiger partial charge in [0, 0.05) is 17.3 Å². The smallest absolute Gasteiger partial charge is 0.297 e. The summed E-state index contributed by atoms with van der Waals surface area (Å²) in [6.07, 6.45) is 0.520. The number of halogens is 1. The summed E-state index contributed by atoms with van der Waals surface area (Å²) in [6.45, 7) is 4.17. The lowest BCUT2D eigenvalue weighted by atomic mass is 9.97. The Morgan fingerprint density at radius 2 is 2.25 bits per heavy atom. The van der Waals surface area contributed by atoms with Gasteiger partial charge in [0.25, 0.3) is 9.24 Å². The third kappa shape index (κ3) is 2.32. The van der Waals surface area contributed by atoms with E-state index in [4.69, 9.17) is 15.4 Å². The van der Waals surface area contributed by atoms with Crippen molar-refractivity contribution in [1.82, 2.24) is 4.72 Å². The van der Waals surface area contributed by atoms with E-state index in [0.29, 0.717) is 13.0 Å². The molecule has 0 aromatic carbocycles. The zero-order valence-corrected chi connectivity index (χ0v) is 8.57. The minimum atomic E-state index is -3.66. The first-order valence-corrected chi connectivity index (χ1v) is 6.00. The molecular weight excluding hydrogens is 202 g/mol. The Labute approximate surface area is 76.8 Å². The van der Waals surface area contributed by atoms with Gasteiger partial charge in [-0.2, -0.15) is 13.1 Å². The molecule has 2 atom stereocenters. The number of hydrogen-bond donors (Lipinski definition) is 1. The van der Waals surface area contributed by atoms with Gasteiger partial charge in [-0.1, -0.05) is 0 Å². The SMILES string of the molecule is CC1OCCC1(C)NS(=O)(=O)Cl. The van der Waals surface area contributed by atoms with Gasteiger partial charge in [0.05, 0.1) is 11.6 Å². The molecule has 1 aliphatic heterocycles. The monoisotopic (exact) mass is 213 g/mol. The van der Waals surface area contributed by atoms with Crippen LogP contribution >= 0.6 is 10.7 Å². The molecule has 1 saturated heterocycles. The predicted octanol–water partition coefficient (Wildman–Crippen LogP) is 0.627. The zero-order valence-electron chi connectivity index (χ0n) is 7.00. The molecule has 1 rings (SSSR count). The molecule has 0 aromatic rings. The molecule has 1 fully saturated rings. The minimum Gasteiger partial charge on any atom is -0.376 e. The van der Waals surface area contributed by atoms with Crippen LogP contribution < -0.4 is 4.72 Å². The Morgan fingerprint density at radius 3 is 2.58 bits per heavy atom. The van der Waals surface area contributed by atoms with Crippen LogP contribution in [0.15, 0.2) is 0 Å². The highest BCUT2D eigenvalue weighted by atomic mass is 35.7. The summed E-state index contributed by atoms with van der Waals surface area (Å²) in [5.74, 6) is 0. The normalized spacial score (nSPS) is 37.1. The summed E-state index contributed by atoms with van der Waals surface area (Å²) in [5.41, 5.74) is -0.555. The number of ether oxygens (including phenoxy) is 1. The van der Waals surface area contributed by atoms with Crippen molar-refractivity contribution in [2.75, 3.05) is 6.61 Å². The van der Waals surface area contributed by atoms with Gasteiger partial charge in [-0.05, 0) is 20.3 Å². The molecule has 12 heavy (non-hydrogen) atoms. The third-order valence-corrected chi connectivity index (χ3v) is 3.18. The van der Waals surface area contributed by atoms with E-state index in [2.05, 4.69) is 4.72 Å². The second-order valence-corrected chi connectivity index (χ2v) is 5.52. The van der Waals surface area contributed by atoms with Gasteiger partial charge in [-0.3, -0.25) is 0 Å². The average Bonchev–Trinajstić information content (AvgIpc) is 2.08. The summed E-state index contributed by atoms with van der Waals surface area (Å²) < 4.78 is 29.1. The fourth-order valence-corrected chi connectivity index (χ4v) is 2.60. The van der Waals surface area contributed by atoms with Crippen molar-refractivity contribution in [1.29, 1.82) is 0 Å². The minimum absolute atomic E-state index is 0.133. The van der Waals surface area contributed by atoms with Crippen LogP contribution in [0.5, 0.6) is 0 Å². The molecule has 0 radical (unpaired) electrons. The summed E-state index contributed by atoms with van der Waals surface area (Å²) in [4.78, 5) is 0. The highest BCUT2D eigenvalue weighted by Gasteiger charge is 2.39. The highest BCUT2D eigenvalue weighted by Crippen LogP contribution is 2.26. The van der Waals surface area contributed by atoms with E-state index in [1.54, 1.807) is 6.92 Å². The average molecular weight is 214 g/mol. The first-order valence-electron chi connectivity index (χ1n) is 3.69. The van der Waals surface area contributed by atoms with Crippen molar-refractivity contribution in [3.63, 3.8) is 0 Å². The van der Waals surface area contributed by atoms with Crippen LogP contribution in [0, 0.1) is 0 Å². The van der Waals surface area contributed by atoms with E-state index in [-0.39, 0.29) is 6.10 Å². The van der Waals surface area contributed by atoms with Crippen molar-refractivity contribution in [3.8, 4) is 0 Å². The second kappa shape index (κ2) is 3.14. The summed E-state index contributed by atoms with van der Waals surface area (Å²) in [6, 6.07) is 0. The first kappa shape index (κ1) is 10.2. The largest absolute Gasteiger partial charge is 0.376 e.